The van der Waals surface area contributed by atoms with Crippen LogP contribution in [0.1, 0.15) is 21.7 Å². The zero-order valence-electron chi connectivity index (χ0n) is 13.6. The Kier molecular flexibility index (Phi) is 4.25. The molecule has 2 aromatic carbocycles. The topological polar surface area (TPSA) is 103 Å². The standard InChI is InChI=1S/C17H15N5O3/c1-11-6-3-4-9-15(11)18-17(23)16-12(2)21(20-19-16)13-7-5-8-14(10-13)22(24)25/h3-10H,1-2H3,(H,18,23). The van der Waals surface area contributed by atoms with Gasteiger partial charge in [-0.15, -0.1) is 5.10 Å². The van der Waals surface area contributed by atoms with Gasteiger partial charge in [0.25, 0.3) is 11.6 Å². The van der Waals surface area contributed by atoms with Gasteiger partial charge in [-0.3, -0.25) is 14.9 Å². The number of carbonyl (C=O) groups excluding carboxylic acids is 1. The van der Waals surface area contributed by atoms with Crippen LogP contribution in [0.3, 0.4) is 0 Å². The molecule has 0 aliphatic heterocycles. The number of hydrogen-bond acceptors (Lipinski definition) is 5. The van der Waals surface area contributed by atoms with Gasteiger partial charge in [0.05, 0.1) is 16.3 Å². The summed E-state index contributed by atoms with van der Waals surface area (Å²) in [5.41, 5.74) is 2.69. The quantitative estimate of drug-likeness (QED) is 0.582. The van der Waals surface area contributed by atoms with E-state index in [1.165, 1.54) is 16.8 Å². The number of nitrogens with one attached hydrogen (secondary N) is 1. The van der Waals surface area contributed by atoms with Gasteiger partial charge in [-0.2, -0.15) is 0 Å². The lowest BCUT2D eigenvalue weighted by Crippen LogP contribution is -2.15. The lowest BCUT2D eigenvalue weighted by molar-refractivity contribution is -0.384. The first-order valence-electron chi connectivity index (χ1n) is 7.51. The van der Waals surface area contributed by atoms with E-state index in [-0.39, 0.29) is 17.3 Å². The summed E-state index contributed by atoms with van der Waals surface area (Å²) in [6.45, 7) is 3.58. The van der Waals surface area contributed by atoms with Crippen LogP contribution in [0.15, 0.2) is 48.5 Å². The van der Waals surface area contributed by atoms with Gasteiger partial charge in [0, 0.05) is 17.8 Å². The second-order valence-corrected chi connectivity index (χ2v) is 5.48. The largest absolute Gasteiger partial charge is 0.320 e. The molecule has 0 fully saturated rings. The molecule has 0 saturated heterocycles. The van der Waals surface area contributed by atoms with E-state index in [9.17, 15) is 14.9 Å². The fourth-order valence-corrected chi connectivity index (χ4v) is 2.42. The van der Waals surface area contributed by atoms with E-state index < -0.39 is 4.92 Å². The number of carbonyl (C=O) groups is 1. The maximum atomic E-state index is 12.5. The summed E-state index contributed by atoms with van der Waals surface area (Å²) in [5, 5.41) is 21.6. The third kappa shape index (κ3) is 3.23. The number of rotatable bonds is 4. The van der Waals surface area contributed by atoms with Crippen LogP contribution in [0.5, 0.6) is 0 Å². The summed E-state index contributed by atoms with van der Waals surface area (Å²) < 4.78 is 1.40. The Labute approximate surface area is 143 Å². The van der Waals surface area contributed by atoms with Gasteiger partial charge in [-0.25, -0.2) is 4.68 Å². The fraction of sp³-hybridized carbons (Fsp3) is 0.118. The molecular formula is C17H15N5O3. The molecule has 0 bridgehead atoms. The highest BCUT2D eigenvalue weighted by Gasteiger charge is 2.19. The van der Waals surface area contributed by atoms with E-state index in [0.29, 0.717) is 17.1 Å². The van der Waals surface area contributed by atoms with Crippen molar-refractivity contribution < 1.29 is 9.72 Å². The molecule has 1 amide bonds. The third-order valence-electron chi connectivity index (χ3n) is 3.79. The molecule has 1 aromatic heterocycles. The normalized spacial score (nSPS) is 10.5. The van der Waals surface area contributed by atoms with E-state index in [1.54, 1.807) is 25.1 Å². The number of amides is 1. The number of aryl methyl sites for hydroxylation is 1. The molecule has 1 heterocycles. The van der Waals surface area contributed by atoms with Crippen molar-refractivity contribution in [3.8, 4) is 5.69 Å². The lowest BCUT2D eigenvalue weighted by atomic mass is 10.2. The Morgan fingerprint density at radius 2 is 1.92 bits per heavy atom. The smallest absolute Gasteiger partial charge is 0.278 e. The van der Waals surface area contributed by atoms with Crippen LogP contribution >= 0.6 is 0 Å². The first kappa shape index (κ1) is 16.3. The molecule has 1 N–H and O–H groups in total. The molecule has 0 spiro atoms. The summed E-state index contributed by atoms with van der Waals surface area (Å²) in [6, 6.07) is 13.4. The number of nitro groups is 1. The number of non-ortho nitro benzene ring substituents is 1. The zero-order chi connectivity index (χ0) is 18.0. The van der Waals surface area contributed by atoms with Gasteiger partial charge in [0.2, 0.25) is 0 Å². The minimum Gasteiger partial charge on any atom is -0.320 e. The van der Waals surface area contributed by atoms with E-state index >= 15 is 0 Å². The highest BCUT2D eigenvalue weighted by Crippen LogP contribution is 2.19. The van der Waals surface area contributed by atoms with Crippen LogP contribution in [-0.2, 0) is 0 Å². The van der Waals surface area contributed by atoms with Crippen LogP contribution in [0.2, 0.25) is 0 Å². The number of anilines is 1. The minimum absolute atomic E-state index is 0.0571. The van der Waals surface area contributed by atoms with Crippen molar-refractivity contribution in [1.29, 1.82) is 0 Å². The molecule has 3 rings (SSSR count). The third-order valence-corrected chi connectivity index (χ3v) is 3.79. The number of nitro benzene ring substituents is 1. The highest BCUT2D eigenvalue weighted by molar-refractivity contribution is 6.03. The van der Waals surface area contributed by atoms with E-state index in [4.69, 9.17) is 0 Å². The zero-order valence-corrected chi connectivity index (χ0v) is 13.6. The van der Waals surface area contributed by atoms with Gasteiger partial charge < -0.3 is 5.32 Å². The Morgan fingerprint density at radius 1 is 1.16 bits per heavy atom. The van der Waals surface area contributed by atoms with Crippen molar-refractivity contribution in [1.82, 2.24) is 15.0 Å². The maximum Gasteiger partial charge on any atom is 0.278 e. The Balaban J connectivity index is 1.91. The summed E-state index contributed by atoms with van der Waals surface area (Å²) in [5.74, 6) is -0.386. The van der Waals surface area contributed by atoms with E-state index in [1.807, 2.05) is 25.1 Å². The van der Waals surface area contributed by atoms with Gasteiger partial charge >= 0.3 is 0 Å². The van der Waals surface area contributed by atoms with Gasteiger partial charge in [-0.1, -0.05) is 29.5 Å². The predicted molar refractivity (Wildman–Crippen MR) is 91.9 cm³/mol. The molecule has 0 unspecified atom stereocenters. The van der Waals surface area contributed by atoms with Crippen LogP contribution in [0.25, 0.3) is 5.69 Å². The number of para-hydroxylation sites is 1. The van der Waals surface area contributed by atoms with Crippen molar-refractivity contribution in [2.75, 3.05) is 5.32 Å². The predicted octanol–water partition coefficient (Wildman–Crippen LogP) is 3.04. The molecule has 126 valence electrons. The molecular weight excluding hydrogens is 322 g/mol. The van der Waals surface area contributed by atoms with Crippen molar-refractivity contribution in [2.45, 2.75) is 13.8 Å². The second-order valence-electron chi connectivity index (χ2n) is 5.48. The van der Waals surface area contributed by atoms with Crippen molar-refractivity contribution in [2.24, 2.45) is 0 Å². The monoisotopic (exact) mass is 337 g/mol. The van der Waals surface area contributed by atoms with E-state index in [0.717, 1.165) is 5.56 Å². The Hall–Kier alpha value is -3.55. The number of benzene rings is 2. The molecule has 25 heavy (non-hydrogen) atoms. The summed E-state index contributed by atoms with van der Waals surface area (Å²) in [4.78, 5) is 22.9. The molecule has 0 aliphatic rings. The van der Waals surface area contributed by atoms with Gasteiger partial charge in [0.15, 0.2) is 5.69 Å². The molecule has 0 saturated carbocycles. The van der Waals surface area contributed by atoms with Crippen LogP contribution < -0.4 is 5.32 Å². The second kappa shape index (κ2) is 6.52. The molecule has 8 heteroatoms. The molecule has 0 aliphatic carbocycles. The van der Waals surface area contributed by atoms with Gasteiger partial charge in [-0.05, 0) is 31.5 Å². The van der Waals surface area contributed by atoms with Crippen molar-refractivity contribution in [3.05, 3.63) is 75.6 Å². The number of aromatic nitrogens is 3. The van der Waals surface area contributed by atoms with Crippen molar-refractivity contribution in [3.63, 3.8) is 0 Å². The van der Waals surface area contributed by atoms with Crippen molar-refractivity contribution >= 4 is 17.3 Å². The van der Waals surface area contributed by atoms with E-state index in [2.05, 4.69) is 15.6 Å². The summed E-state index contributed by atoms with van der Waals surface area (Å²) in [7, 11) is 0. The lowest BCUT2D eigenvalue weighted by Gasteiger charge is -2.07. The number of nitrogens with zero attached hydrogens (tertiary/aromatic N) is 4. The van der Waals surface area contributed by atoms with Crippen LogP contribution in [0, 0.1) is 24.0 Å². The minimum atomic E-state index is -0.485. The van der Waals surface area contributed by atoms with Gasteiger partial charge in [0.1, 0.15) is 0 Å². The summed E-state index contributed by atoms with van der Waals surface area (Å²) in [6.07, 6.45) is 0. The Morgan fingerprint density at radius 3 is 2.64 bits per heavy atom. The first-order chi connectivity index (χ1) is 12.0. The average Bonchev–Trinajstić information content (AvgIpc) is 2.98. The first-order valence-corrected chi connectivity index (χ1v) is 7.51. The SMILES string of the molecule is Cc1ccccc1NC(=O)c1nnn(-c2cccc([N+](=O)[O-])c2)c1C. The molecule has 0 atom stereocenters. The van der Waals surface area contributed by atoms with Crippen LogP contribution in [-0.4, -0.2) is 25.8 Å². The molecule has 3 aromatic rings. The molecule has 8 nitrogen and oxygen atoms in total. The average molecular weight is 337 g/mol. The Bertz CT molecular complexity index is 964. The van der Waals surface area contributed by atoms with Crippen LogP contribution in [0.4, 0.5) is 11.4 Å². The summed E-state index contributed by atoms with van der Waals surface area (Å²) >= 11 is 0. The number of hydrogen-bond donors (Lipinski definition) is 1. The maximum absolute atomic E-state index is 12.5. The molecule has 0 radical (unpaired) electrons. The fourth-order valence-electron chi connectivity index (χ4n) is 2.42. The highest BCUT2D eigenvalue weighted by atomic mass is 16.6.